The van der Waals surface area contributed by atoms with Crippen LogP contribution in [0.3, 0.4) is 0 Å². The molecule has 4 heteroatoms. The third-order valence-corrected chi connectivity index (χ3v) is 3.17. The molecule has 2 heterocycles. The Morgan fingerprint density at radius 2 is 2.47 bits per heavy atom. The largest absolute Gasteiger partial charge is 0.391 e. The van der Waals surface area contributed by atoms with Crippen molar-refractivity contribution in [2.75, 3.05) is 13.1 Å². The molecule has 1 fully saturated rings. The van der Waals surface area contributed by atoms with Crippen LogP contribution in [0.15, 0.2) is 10.7 Å². The highest BCUT2D eigenvalue weighted by atomic mass is 16.5. The first kappa shape index (κ1) is 10.6. The Balaban J connectivity index is 2.07. The van der Waals surface area contributed by atoms with Crippen LogP contribution in [0.4, 0.5) is 0 Å². The van der Waals surface area contributed by atoms with Gasteiger partial charge in [0.1, 0.15) is 5.76 Å². The first-order valence-corrected chi connectivity index (χ1v) is 5.50. The summed E-state index contributed by atoms with van der Waals surface area (Å²) >= 11 is 0. The molecular weight excluding hydrogens is 192 g/mol. The van der Waals surface area contributed by atoms with Crippen LogP contribution in [0.2, 0.25) is 0 Å². The third-order valence-electron chi connectivity index (χ3n) is 3.17. The lowest BCUT2D eigenvalue weighted by Gasteiger charge is -2.19. The molecule has 0 aromatic carbocycles. The summed E-state index contributed by atoms with van der Waals surface area (Å²) in [7, 11) is 0. The van der Waals surface area contributed by atoms with Crippen molar-refractivity contribution in [1.29, 1.82) is 0 Å². The maximum atomic E-state index is 9.13. The number of rotatable bonds is 3. The molecule has 0 radical (unpaired) electrons. The van der Waals surface area contributed by atoms with E-state index in [1.54, 1.807) is 6.20 Å². The van der Waals surface area contributed by atoms with Crippen molar-refractivity contribution in [3.8, 4) is 0 Å². The van der Waals surface area contributed by atoms with Crippen LogP contribution >= 0.6 is 0 Å². The van der Waals surface area contributed by atoms with E-state index in [1.807, 2.05) is 0 Å². The molecule has 1 aromatic rings. The van der Waals surface area contributed by atoms with E-state index in [4.69, 9.17) is 9.63 Å². The van der Waals surface area contributed by atoms with E-state index in [9.17, 15) is 0 Å². The molecule has 0 spiro atoms. The number of hydrogen-bond donors (Lipinski definition) is 1. The second kappa shape index (κ2) is 4.33. The zero-order valence-corrected chi connectivity index (χ0v) is 9.31. The van der Waals surface area contributed by atoms with Crippen LogP contribution in [-0.2, 0) is 6.61 Å². The van der Waals surface area contributed by atoms with E-state index in [2.05, 4.69) is 23.9 Å². The maximum Gasteiger partial charge on any atom is 0.146 e. The number of hydrogen-bond acceptors (Lipinski definition) is 4. The zero-order chi connectivity index (χ0) is 10.8. The predicted octanol–water partition coefficient (Wildman–Crippen LogP) is 1.36. The normalized spacial score (nSPS) is 22.8. The molecule has 1 N–H and O–H groups in total. The number of likely N-dealkylation sites (tertiary alicyclic amines) is 1. The van der Waals surface area contributed by atoms with E-state index in [1.165, 1.54) is 0 Å². The van der Waals surface area contributed by atoms with Gasteiger partial charge in [-0.2, -0.15) is 0 Å². The summed E-state index contributed by atoms with van der Waals surface area (Å²) < 4.78 is 5.23. The quantitative estimate of drug-likeness (QED) is 0.818. The topological polar surface area (TPSA) is 49.5 Å². The maximum absolute atomic E-state index is 9.13. The summed E-state index contributed by atoms with van der Waals surface area (Å²) in [6, 6.07) is 0.579. The second-order valence-corrected chi connectivity index (χ2v) is 4.45. The molecule has 1 aromatic heterocycles. The molecule has 1 aliphatic heterocycles. The second-order valence-electron chi connectivity index (χ2n) is 4.45. The van der Waals surface area contributed by atoms with Crippen molar-refractivity contribution in [2.45, 2.75) is 38.8 Å². The molecule has 4 nitrogen and oxygen atoms in total. The van der Waals surface area contributed by atoms with Gasteiger partial charge in [-0.25, -0.2) is 0 Å². The Labute approximate surface area is 89.9 Å². The van der Waals surface area contributed by atoms with E-state index >= 15 is 0 Å². The fourth-order valence-corrected chi connectivity index (χ4v) is 2.19. The van der Waals surface area contributed by atoms with Crippen LogP contribution in [-0.4, -0.2) is 34.3 Å². The highest BCUT2D eigenvalue weighted by molar-refractivity contribution is 5.18. The molecule has 2 rings (SSSR count). The van der Waals surface area contributed by atoms with Gasteiger partial charge < -0.3 is 14.5 Å². The molecule has 1 unspecified atom stereocenters. The molecule has 0 amide bonds. The molecule has 84 valence electrons. The van der Waals surface area contributed by atoms with Crippen LogP contribution < -0.4 is 0 Å². The minimum absolute atomic E-state index is 0.0248. The Hall–Kier alpha value is -0.870. The number of aromatic nitrogens is 1. The smallest absolute Gasteiger partial charge is 0.146 e. The summed E-state index contributed by atoms with van der Waals surface area (Å²) in [6.45, 7) is 6.55. The Kier molecular flexibility index (Phi) is 3.07. The lowest BCUT2D eigenvalue weighted by atomic mass is 10.0. The van der Waals surface area contributed by atoms with Crippen molar-refractivity contribution in [1.82, 2.24) is 10.1 Å². The molecule has 0 aliphatic carbocycles. The van der Waals surface area contributed by atoms with Crippen molar-refractivity contribution >= 4 is 0 Å². The average Bonchev–Trinajstić information content (AvgIpc) is 2.85. The fraction of sp³-hybridized carbons (Fsp3) is 0.727. The molecule has 0 saturated carbocycles. The average molecular weight is 210 g/mol. The molecule has 0 bridgehead atoms. The summed E-state index contributed by atoms with van der Waals surface area (Å²) in [5.41, 5.74) is 0.839. The minimum Gasteiger partial charge on any atom is -0.391 e. The van der Waals surface area contributed by atoms with Gasteiger partial charge in [0.2, 0.25) is 0 Å². The van der Waals surface area contributed by atoms with E-state index < -0.39 is 0 Å². The van der Waals surface area contributed by atoms with Crippen LogP contribution in [0.25, 0.3) is 0 Å². The van der Waals surface area contributed by atoms with Gasteiger partial charge in [0.15, 0.2) is 0 Å². The summed E-state index contributed by atoms with van der Waals surface area (Å²) in [5, 5.41) is 12.9. The van der Waals surface area contributed by atoms with Crippen molar-refractivity contribution in [2.24, 2.45) is 0 Å². The monoisotopic (exact) mass is 210 g/mol. The van der Waals surface area contributed by atoms with Crippen LogP contribution in [0.5, 0.6) is 0 Å². The van der Waals surface area contributed by atoms with E-state index in [0.29, 0.717) is 12.0 Å². The number of aliphatic hydroxyl groups is 1. The lowest BCUT2D eigenvalue weighted by molar-refractivity contribution is 0.260. The molecule has 1 atom stereocenters. The van der Waals surface area contributed by atoms with Gasteiger partial charge in [0, 0.05) is 24.1 Å². The Bertz CT molecular complexity index is 322. The first-order chi connectivity index (χ1) is 7.22. The van der Waals surface area contributed by atoms with Crippen molar-refractivity contribution < 1.29 is 9.63 Å². The van der Waals surface area contributed by atoms with Gasteiger partial charge >= 0.3 is 0 Å². The van der Waals surface area contributed by atoms with Gasteiger partial charge in [-0.1, -0.05) is 5.16 Å². The highest BCUT2D eigenvalue weighted by Gasteiger charge is 2.29. The van der Waals surface area contributed by atoms with Gasteiger partial charge in [-0.3, -0.25) is 0 Å². The van der Waals surface area contributed by atoms with Gasteiger partial charge in [-0.05, 0) is 26.8 Å². The lowest BCUT2D eigenvalue weighted by Crippen LogP contribution is -2.27. The zero-order valence-electron chi connectivity index (χ0n) is 9.31. The van der Waals surface area contributed by atoms with Gasteiger partial charge in [0.05, 0.1) is 12.8 Å². The van der Waals surface area contributed by atoms with Gasteiger partial charge in [0.25, 0.3) is 0 Å². The van der Waals surface area contributed by atoms with E-state index in [-0.39, 0.29) is 6.61 Å². The van der Waals surface area contributed by atoms with Crippen LogP contribution in [0.1, 0.15) is 37.5 Å². The standard InChI is InChI=1S/C11H18N2O2/c1-8(2)13-4-3-9(6-13)11-10(7-14)5-12-15-11/h5,8-9,14H,3-4,6-7H2,1-2H3. The Morgan fingerprint density at radius 1 is 1.67 bits per heavy atom. The molecule has 1 aliphatic rings. The van der Waals surface area contributed by atoms with E-state index in [0.717, 1.165) is 30.8 Å². The van der Waals surface area contributed by atoms with Crippen LogP contribution in [0, 0.1) is 0 Å². The molecule has 15 heavy (non-hydrogen) atoms. The first-order valence-electron chi connectivity index (χ1n) is 5.50. The minimum atomic E-state index is 0.0248. The SMILES string of the molecule is CC(C)N1CCC(c2oncc2CO)C1. The number of aliphatic hydroxyl groups excluding tert-OH is 1. The predicted molar refractivity (Wildman–Crippen MR) is 56.5 cm³/mol. The molecule has 1 saturated heterocycles. The number of nitrogens with zero attached hydrogens (tertiary/aromatic N) is 2. The third kappa shape index (κ3) is 2.06. The molecular formula is C11H18N2O2. The Morgan fingerprint density at radius 3 is 3.07 bits per heavy atom. The highest BCUT2D eigenvalue weighted by Crippen LogP contribution is 2.30. The summed E-state index contributed by atoms with van der Waals surface area (Å²) in [6.07, 6.45) is 2.72. The van der Waals surface area contributed by atoms with Crippen molar-refractivity contribution in [3.05, 3.63) is 17.5 Å². The van der Waals surface area contributed by atoms with Gasteiger partial charge in [-0.15, -0.1) is 0 Å². The van der Waals surface area contributed by atoms with Crippen molar-refractivity contribution in [3.63, 3.8) is 0 Å². The fourth-order valence-electron chi connectivity index (χ4n) is 2.19. The summed E-state index contributed by atoms with van der Waals surface area (Å²) in [5.74, 6) is 1.28. The summed E-state index contributed by atoms with van der Waals surface area (Å²) in [4.78, 5) is 2.42.